The number of carbonyl (C=O) groups is 2. The summed E-state index contributed by atoms with van der Waals surface area (Å²) in [5, 5.41) is 0. The minimum absolute atomic E-state index is 0.153. The van der Waals surface area contributed by atoms with Crippen LogP contribution in [0.3, 0.4) is 0 Å². The summed E-state index contributed by atoms with van der Waals surface area (Å²) in [6.07, 6.45) is 7.98. The third kappa shape index (κ3) is 7.57. The highest BCUT2D eigenvalue weighted by Gasteiger charge is 2.33. The average Bonchev–Trinajstić information content (AvgIpc) is 3.28. The molecule has 3 aromatic carbocycles. The zero-order valence-corrected chi connectivity index (χ0v) is 24.7. The molecular weight excluding hydrogens is 573 g/mol. The third-order valence-corrected chi connectivity index (χ3v) is 8.81. The zero-order chi connectivity index (χ0) is 29.3. The number of thioether (sulfide) groups is 1. The fraction of sp³-hybridized carbons (Fsp3) is 0.303. The Hall–Kier alpha value is -3.69. The number of ether oxygens (including phenoxy) is 3. The highest BCUT2D eigenvalue weighted by atomic mass is 32.2. The maximum absolute atomic E-state index is 13.3. The molecule has 2 fully saturated rings. The van der Waals surface area contributed by atoms with E-state index in [1.165, 1.54) is 36.3 Å². The SMILES string of the molecule is O=COCN1C(=O)C(=Cc2ccc(OCCc3ccc(F)cc3)c(OC(c3ccccc3)C3CCCCC3)c2)SC1=S. The molecule has 5 rings (SSSR count). The lowest BCUT2D eigenvalue weighted by molar-refractivity contribution is -0.135. The first-order valence-corrected chi connectivity index (χ1v) is 15.3. The van der Waals surface area contributed by atoms with E-state index in [1.807, 2.05) is 36.4 Å². The van der Waals surface area contributed by atoms with Gasteiger partial charge in [-0.25, -0.2) is 4.39 Å². The number of benzene rings is 3. The summed E-state index contributed by atoms with van der Waals surface area (Å²) in [6.45, 7) is 0.452. The van der Waals surface area contributed by atoms with Gasteiger partial charge in [-0.1, -0.05) is 91.8 Å². The fourth-order valence-corrected chi connectivity index (χ4v) is 6.51. The summed E-state index contributed by atoms with van der Waals surface area (Å²) in [6, 6.07) is 22.3. The van der Waals surface area contributed by atoms with Crippen molar-refractivity contribution in [3.63, 3.8) is 0 Å². The van der Waals surface area contributed by atoms with Gasteiger partial charge in [0.15, 0.2) is 22.6 Å². The first-order chi connectivity index (χ1) is 20.5. The lowest BCUT2D eigenvalue weighted by Crippen LogP contribution is -2.30. The summed E-state index contributed by atoms with van der Waals surface area (Å²) in [5.41, 5.74) is 2.84. The van der Waals surface area contributed by atoms with Crippen molar-refractivity contribution in [2.24, 2.45) is 5.92 Å². The molecule has 0 spiro atoms. The second-order valence-electron chi connectivity index (χ2n) is 10.3. The molecule has 1 unspecified atom stereocenters. The predicted octanol–water partition coefficient (Wildman–Crippen LogP) is 7.48. The second kappa shape index (κ2) is 14.5. The normalized spacial score (nSPS) is 17.4. The average molecular weight is 606 g/mol. The van der Waals surface area contributed by atoms with Crippen LogP contribution < -0.4 is 9.47 Å². The van der Waals surface area contributed by atoms with Gasteiger partial charge in [0.2, 0.25) is 0 Å². The minimum Gasteiger partial charge on any atom is -0.489 e. The van der Waals surface area contributed by atoms with E-state index in [4.69, 9.17) is 26.4 Å². The van der Waals surface area contributed by atoms with Crippen molar-refractivity contribution < 1.29 is 28.2 Å². The van der Waals surface area contributed by atoms with Crippen molar-refractivity contribution in [1.29, 1.82) is 0 Å². The molecule has 2 aliphatic rings. The smallest absolute Gasteiger partial charge is 0.294 e. The third-order valence-electron chi connectivity index (χ3n) is 7.43. The first-order valence-electron chi connectivity index (χ1n) is 14.1. The number of halogens is 1. The number of nitrogens with zero attached hydrogens (tertiary/aromatic N) is 1. The number of thiocarbonyl (C=S) groups is 1. The highest BCUT2D eigenvalue weighted by Crippen LogP contribution is 2.41. The Labute approximate surface area is 254 Å². The summed E-state index contributed by atoms with van der Waals surface area (Å²) < 4.78 is 31.5. The number of rotatable bonds is 12. The van der Waals surface area contributed by atoms with Gasteiger partial charge in [0.25, 0.3) is 12.4 Å². The summed E-state index contributed by atoms with van der Waals surface area (Å²) >= 11 is 6.47. The van der Waals surface area contributed by atoms with E-state index in [1.54, 1.807) is 18.2 Å². The Kier molecular flexibility index (Phi) is 10.3. The number of hydrogen-bond donors (Lipinski definition) is 0. The lowest BCUT2D eigenvalue weighted by atomic mass is 9.82. The summed E-state index contributed by atoms with van der Waals surface area (Å²) in [7, 11) is 0. The molecule has 1 aliphatic heterocycles. The maximum atomic E-state index is 13.3. The van der Waals surface area contributed by atoms with Gasteiger partial charge in [0, 0.05) is 12.3 Å². The Bertz CT molecular complexity index is 1420. The van der Waals surface area contributed by atoms with Crippen LogP contribution in [-0.2, 0) is 20.7 Å². The first kappa shape index (κ1) is 29.8. The van der Waals surface area contributed by atoms with Gasteiger partial charge >= 0.3 is 0 Å². The van der Waals surface area contributed by atoms with E-state index >= 15 is 0 Å². The molecule has 9 heteroatoms. The van der Waals surface area contributed by atoms with Crippen molar-refractivity contribution in [3.05, 3.63) is 100 Å². The zero-order valence-electron chi connectivity index (χ0n) is 23.1. The van der Waals surface area contributed by atoms with Crippen LogP contribution in [0.25, 0.3) is 6.08 Å². The van der Waals surface area contributed by atoms with Gasteiger partial charge in [0.1, 0.15) is 11.9 Å². The van der Waals surface area contributed by atoms with Crippen molar-refractivity contribution in [3.8, 4) is 11.5 Å². The molecule has 42 heavy (non-hydrogen) atoms. The Morgan fingerprint density at radius 2 is 1.76 bits per heavy atom. The van der Waals surface area contributed by atoms with Gasteiger partial charge in [-0.2, -0.15) is 0 Å². The highest BCUT2D eigenvalue weighted by molar-refractivity contribution is 8.26. The largest absolute Gasteiger partial charge is 0.489 e. The standard InChI is InChI=1S/C33H32FNO5S2/c34-27-14-11-23(12-15-27)17-18-39-28-16-13-24(20-30-32(37)35(21-38-22-36)33(41)42-30)19-29(28)40-31(25-7-3-1-4-8-25)26-9-5-2-6-10-26/h1,3-4,7-8,11-16,19-20,22,26,31H,2,5-6,9-10,17-18,21H2. The van der Waals surface area contributed by atoms with Crippen LogP contribution in [0.15, 0.2) is 77.7 Å². The molecule has 1 aliphatic carbocycles. The van der Waals surface area contributed by atoms with Gasteiger partial charge in [-0.05, 0) is 59.9 Å². The van der Waals surface area contributed by atoms with E-state index in [0.29, 0.717) is 39.7 Å². The molecular formula is C33H32FNO5S2. The number of amides is 1. The van der Waals surface area contributed by atoms with Crippen LogP contribution in [0.2, 0.25) is 0 Å². The topological polar surface area (TPSA) is 65.1 Å². The van der Waals surface area contributed by atoms with E-state index < -0.39 is 0 Å². The molecule has 0 bridgehead atoms. The fourth-order valence-electron chi connectivity index (χ4n) is 5.28. The van der Waals surface area contributed by atoms with Crippen LogP contribution >= 0.6 is 24.0 Å². The van der Waals surface area contributed by atoms with Crippen LogP contribution in [0.5, 0.6) is 11.5 Å². The lowest BCUT2D eigenvalue weighted by Gasteiger charge is -2.31. The van der Waals surface area contributed by atoms with E-state index in [9.17, 15) is 14.0 Å². The van der Waals surface area contributed by atoms with Crippen LogP contribution in [0.1, 0.15) is 54.9 Å². The van der Waals surface area contributed by atoms with Crippen LogP contribution in [0.4, 0.5) is 4.39 Å². The molecule has 1 saturated heterocycles. The van der Waals surface area contributed by atoms with Gasteiger partial charge < -0.3 is 14.2 Å². The molecule has 0 aromatic heterocycles. The molecule has 0 N–H and O–H groups in total. The predicted molar refractivity (Wildman–Crippen MR) is 165 cm³/mol. The minimum atomic E-state index is -0.321. The number of carbonyl (C=O) groups excluding carboxylic acids is 2. The van der Waals surface area contributed by atoms with E-state index in [2.05, 4.69) is 12.1 Å². The Morgan fingerprint density at radius 3 is 2.50 bits per heavy atom. The quantitative estimate of drug-likeness (QED) is 0.120. The van der Waals surface area contributed by atoms with E-state index in [-0.39, 0.29) is 31.0 Å². The monoisotopic (exact) mass is 605 g/mol. The van der Waals surface area contributed by atoms with Crippen LogP contribution in [-0.4, -0.2) is 34.9 Å². The maximum Gasteiger partial charge on any atom is 0.294 e. The van der Waals surface area contributed by atoms with Gasteiger partial charge in [0.05, 0.1) is 11.5 Å². The van der Waals surface area contributed by atoms with Crippen LogP contribution in [0, 0.1) is 11.7 Å². The molecule has 6 nitrogen and oxygen atoms in total. The van der Waals surface area contributed by atoms with Gasteiger partial charge in [-0.3, -0.25) is 14.5 Å². The van der Waals surface area contributed by atoms with E-state index in [0.717, 1.165) is 41.3 Å². The van der Waals surface area contributed by atoms with Crippen molar-refractivity contribution >= 4 is 46.8 Å². The van der Waals surface area contributed by atoms with Crippen molar-refractivity contribution in [2.45, 2.75) is 44.6 Å². The molecule has 3 aromatic rings. The van der Waals surface area contributed by atoms with Crippen molar-refractivity contribution in [2.75, 3.05) is 13.3 Å². The summed E-state index contributed by atoms with van der Waals surface area (Å²) in [5.74, 6) is 0.957. The molecule has 0 radical (unpaired) electrons. The molecule has 1 atom stereocenters. The second-order valence-corrected chi connectivity index (χ2v) is 12.0. The summed E-state index contributed by atoms with van der Waals surface area (Å²) in [4.78, 5) is 25.2. The Balaban J connectivity index is 1.43. The number of hydrogen-bond acceptors (Lipinski definition) is 7. The molecule has 1 heterocycles. The molecule has 1 amide bonds. The molecule has 1 saturated carbocycles. The van der Waals surface area contributed by atoms with Gasteiger partial charge in [-0.15, -0.1) is 0 Å². The Morgan fingerprint density at radius 1 is 1.00 bits per heavy atom. The van der Waals surface area contributed by atoms with Crippen molar-refractivity contribution in [1.82, 2.24) is 4.90 Å². The molecule has 218 valence electrons.